The van der Waals surface area contributed by atoms with E-state index in [2.05, 4.69) is 0 Å². The molecule has 0 bridgehead atoms. The van der Waals surface area contributed by atoms with Crippen molar-refractivity contribution in [3.8, 4) is 5.75 Å². The molecule has 0 spiro atoms. The molecule has 78 valence electrons. The average Bonchev–Trinajstić information content (AvgIpc) is 2.21. The molecule has 0 amide bonds. The van der Waals surface area contributed by atoms with Crippen LogP contribution in [-0.2, 0) is 8.85 Å². The van der Waals surface area contributed by atoms with Gasteiger partial charge < -0.3 is 14.0 Å². The van der Waals surface area contributed by atoms with Gasteiger partial charge in [-0.05, 0) is 12.5 Å². The smallest absolute Gasteiger partial charge is 0.359 e. The van der Waals surface area contributed by atoms with Crippen LogP contribution >= 0.6 is 0 Å². The van der Waals surface area contributed by atoms with Gasteiger partial charge in [0.05, 0.1) is 0 Å². The second-order valence-corrected chi connectivity index (χ2v) is 5.09. The fourth-order valence-electron chi connectivity index (χ4n) is 1.20. The van der Waals surface area contributed by atoms with E-state index in [0.29, 0.717) is 6.61 Å². The van der Waals surface area contributed by atoms with Crippen molar-refractivity contribution in [2.75, 3.05) is 13.7 Å². The van der Waals surface area contributed by atoms with E-state index in [9.17, 15) is 5.11 Å². The van der Waals surface area contributed by atoms with Gasteiger partial charge in [0.15, 0.2) is 0 Å². The molecule has 0 fully saturated rings. The largest absolute Gasteiger partial charge is 0.508 e. The Bertz CT molecular complexity index is 278. The van der Waals surface area contributed by atoms with E-state index < -0.39 is 9.28 Å². The minimum Gasteiger partial charge on any atom is -0.508 e. The summed E-state index contributed by atoms with van der Waals surface area (Å²) in [4.78, 5) is 0. The van der Waals surface area contributed by atoms with E-state index in [4.69, 9.17) is 8.85 Å². The van der Waals surface area contributed by atoms with Crippen molar-refractivity contribution in [3.63, 3.8) is 0 Å². The molecule has 0 saturated carbocycles. The lowest BCUT2D eigenvalue weighted by atomic mass is 10.3. The summed E-state index contributed by atoms with van der Waals surface area (Å²) >= 11 is 0. The van der Waals surface area contributed by atoms with Crippen molar-refractivity contribution >= 4 is 14.5 Å². The van der Waals surface area contributed by atoms with E-state index in [-0.39, 0.29) is 5.75 Å². The first kappa shape index (κ1) is 11.2. The molecule has 0 radical (unpaired) electrons. The molecule has 0 aliphatic rings. The van der Waals surface area contributed by atoms with E-state index in [1.165, 1.54) is 0 Å². The fourth-order valence-corrected chi connectivity index (χ4v) is 2.82. The molecule has 4 heteroatoms. The zero-order chi connectivity index (χ0) is 10.4. The van der Waals surface area contributed by atoms with Crippen LogP contribution in [0.3, 0.4) is 0 Å². The Labute approximate surface area is 86.1 Å². The Morgan fingerprint density at radius 1 is 1.36 bits per heavy atom. The predicted molar refractivity (Wildman–Crippen MR) is 58.1 cm³/mol. The van der Waals surface area contributed by atoms with Gasteiger partial charge in [0.2, 0.25) is 0 Å². The molecule has 0 aliphatic carbocycles. The number of aromatic hydroxyl groups is 1. The lowest BCUT2D eigenvalue weighted by Gasteiger charge is -2.14. The highest BCUT2D eigenvalue weighted by molar-refractivity contribution is 6.62. The maximum atomic E-state index is 9.59. The molecule has 3 nitrogen and oxygen atoms in total. The maximum Gasteiger partial charge on any atom is 0.359 e. The summed E-state index contributed by atoms with van der Waals surface area (Å²) in [7, 11) is -0.254. The number of phenolic OH excluding ortho intramolecular Hbond substituents is 1. The van der Waals surface area contributed by atoms with Gasteiger partial charge in [0, 0.05) is 18.9 Å². The van der Waals surface area contributed by atoms with Gasteiger partial charge in [-0.1, -0.05) is 25.1 Å². The van der Waals surface area contributed by atoms with Crippen molar-refractivity contribution < 1.29 is 14.0 Å². The highest BCUT2D eigenvalue weighted by Crippen LogP contribution is 2.06. The Kier molecular flexibility index (Phi) is 4.65. The second kappa shape index (κ2) is 5.80. The Morgan fingerprint density at radius 3 is 2.64 bits per heavy atom. The third kappa shape index (κ3) is 2.83. The van der Waals surface area contributed by atoms with Crippen LogP contribution in [0.5, 0.6) is 5.75 Å². The third-order valence-electron chi connectivity index (χ3n) is 1.88. The van der Waals surface area contributed by atoms with Crippen LogP contribution in [0.15, 0.2) is 24.3 Å². The van der Waals surface area contributed by atoms with Gasteiger partial charge in [0.1, 0.15) is 5.75 Å². The van der Waals surface area contributed by atoms with Crippen LogP contribution in [0, 0.1) is 0 Å². The van der Waals surface area contributed by atoms with Crippen molar-refractivity contribution in [3.05, 3.63) is 24.3 Å². The van der Waals surface area contributed by atoms with Crippen LogP contribution in [0.1, 0.15) is 13.3 Å². The van der Waals surface area contributed by atoms with Crippen LogP contribution in [0.2, 0.25) is 0 Å². The van der Waals surface area contributed by atoms with E-state index in [1.54, 1.807) is 19.2 Å². The van der Waals surface area contributed by atoms with Crippen LogP contribution < -0.4 is 5.19 Å². The highest BCUT2D eigenvalue weighted by atomic mass is 28.3. The number of hydrogen-bond donors (Lipinski definition) is 1. The first-order chi connectivity index (χ1) is 6.79. The lowest BCUT2D eigenvalue weighted by molar-refractivity contribution is 0.240. The maximum absolute atomic E-state index is 9.59. The number of rotatable bonds is 5. The highest BCUT2D eigenvalue weighted by Gasteiger charge is 2.17. The lowest BCUT2D eigenvalue weighted by Crippen LogP contribution is -2.36. The summed E-state index contributed by atoms with van der Waals surface area (Å²) in [5, 5.41) is 10.4. The molecule has 1 unspecified atom stereocenters. The monoisotopic (exact) mass is 212 g/mol. The van der Waals surface area contributed by atoms with Crippen molar-refractivity contribution in [1.82, 2.24) is 0 Å². The molecule has 0 heterocycles. The summed E-state index contributed by atoms with van der Waals surface area (Å²) in [6.07, 6.45) is 0.959. The molecule has 0 aromatic heterocycles. The first-order valence-electron chi connectivity index (χ1n) is 4.72. The molecule has 14 heavy (non-hydrogen) atoms. The molecular formula is C10H16O3Si. The minimum absolute atomic E-state index is 0.266. The van der Waals surface area contributed by atoms with Crippen molar-refractivity contribution in [1.29, 1.82) is 0 Å². The van der Waals surface area contributed by atoms with Gasteiger partial charge >= 0.3 is 9.28 Å². The zero-order valence-electron chi connectivity index (χ0n) is 8.56. The minimum atomic E-state index is -1.88. The Balaban J connectivity index is 2.73. The molecule has 1 N–H and O–H groups in total. The molecule has 1 aromatic rings. The van der Waals surface area contributed by atoms with Crippen LogP contribution in [0.4, 0.5) is 0 Å². The molecule has 1 atom stereocenters. The summed E-state index contributed by atoms with van der Waals surface area (Å²) in [6.45, 7) is 2.73. The molecular weight excluding hydrogens is 196 g/mol. The molecule has 1 rings (SSSR count). The number of phenols is 1. The molecule has 1 aromatic carbocycles. The van der Waals surface area contributed by atoms with E-state index >= 15 is 0 Å². The van der Waals surface area contributed by atoms with Gasteiger partial charge in [-0.2, -0.15) is 0 Å². The molecule has 0 saturated heterocycles. The van der Waals surface area contributed by atoms with Crippen LogP contribution in [0.25, 0.3) is 0 Å². The standard InChI is InChI=1S/C10H16O3Si/c1-3-8-13-14(12-2)10-7-5-4-6-9(10)11/h4-7,11,14H,3,8H2,1-2H3. The SMILES string of the molecule is CCCO[SiH](OC)c1ccccc1O. The van der Waals surface area contributed by atoms with E-state index in [1.807, 2.05) is 19.1 Å². The van der Waals surface area contributed by atoms with Gasteiger partial charge in [0.25, 0.3) is 0 Å². The zero-order valence-corrected chi connectivity index (χ0v) is 9.72. The fraction of sp³-hybridized carbons (Fsp3) is 0.400. The second-order valence-electron chi connectivity index (χ2n) is 3.00. The van der Waals surface area contributed by atoms with E-state index in [0.717, 1.165) is 11.6 Å². The van der Waals surface area contributed by atoms with Gasteiger partial charge in [-0.25, -0.2) is 0 Å². The summed E-state index contributed by atoms with van der Waals surface area (Å²) in [6, 6.07) is 7.18. The Hall–Kier alpha value is -0.843. The van der Waals surface area contributed by atoms with Crippen LogP contribution in [-0.4, -0.2) is 28.1 Å². The van der Waals surface area contributed by atoms with Gasteiger partial charge in [-0.3, -0.25) is 0 Å². The first-order valence-corrected chi connectivity index (χ1v) is 6.24. The normalized spacial score (nSPS) is 12.7. The third-order valence-corrected chi connectivity index (χ3v) is 3.84. The van der Waals surface area contributed by atoms with Crippen molar-refractivity contribution in [2.24, 2.45) is 0 Å². The predicted octanol–water partition coefficient (Wildman–Crippen LogP) is 0.893. The quantitative estimate of drug-likeness (QED) is 0.737. The Morgan fingerprint density at radius 2 is 2.07 bits per heavy atom. The number of para-hydroxylation sites is 1. The summed E-state index contributed by atoms with van der Waals surface area (Å²) in [5.41, 5.74) is 0. The number of benzene rings is 1. The average molecular weight is 212 g/mol. The summed E-state index contributed by atoms with van der Waals surface area (Å²) in [5.74, 6) is 0.266. The van der Waals surface area contributed by atoms with Crippen molar-refractivity contribution in [2.45, 2.75) is 13.3 Å². The summed E-state index contributed by atoms with van der Waals surface area (Å²) < 4.78 is 10.8. The van der Waals surface area contributed by atoms with Gasteiger partial charge in [-0.15, -0.1) is 0 Å². The topological polar surface area (TPSA) is 38.7 Å². The molecule has 0 aliphatic heterocycles. The number of hydrogen-bond acceptors (Lipinski definition) is 3.